The fourth-order valence-electron chi connectivity index (χ4n) is 5.90. The van der Waals surface area contributed by atoms with Gasteiger partial charge in [0.2, 0.25) is 0 Å². The number of benzene rings is 5. The first kappa shape index (κ1) is 25.2. The first-order valence-electron chi connectivity index (χ1n) is 12.6. The smallest absolute Gasteiger partial charge is 0.168 e. The van der Waals surface area contributed by atoms with Gasteiger partial charge in [-0.15, -0.1) is 0 Å². The van der Waals surface area contributed by atoms with Crippen LogP contribution in [0.25, 0.3) is 60.4 Å². The molecule has 7 aromatic rings. The topological polar surface area (TPSA) is 102 Å². The number of fused-ring (bicyclic) bond motifs is 7. The van der Waals surface area contributed by atoms with Crippen LogP contribution in [-0.2, 0) is 0 Å². The molecule has 0 aliphatic carbocycles. The molecule has 10 radical (unpaired) electrons. The number of rotatable bonds is 2. The summed E-state index contributed by atoms with van der Waals surface area (Å²) in [5.74, 6) is -2.73. The third kappa shape index (κ3) is 3.20. The lowest BCUT2D eigenvalue weighted by Crippen LogP contribution is -2.37. The van der Waals surface area contributed by atoms with E-state index in [0.717, 1.165) is 43.6 Å². The molecule has 2 heterocycles. The normalized spacial score (nSPS) is 11.8. The molecule has 0 saturated carbocycles. The predicted octanol–water partition coefficient (Wildman–Crippen LogP) is 0.877. The first-order valence-corrected chi connectivity index (χ1v) is 12.6. The summed E-state index contributed by atoms with van der Waals surface area (Å²) >= 11 is 0. The lowest BCUT2D eigenvalue weighted by molar-refractivity contribution is 0.403. The standard InChI is InChI=1S/C30H15B5N2O4/c31-21-19(20-27(38)24(34)25(35)30(41)28(20)39)22(32)29(40)26(23(21)33)37-15-8-4-2-6-12(15)18-16(37)10-9-14-17(18)11-5-1-3-7-13(11)36-14/h1-10,36,38-41H. The van der Waals surface area contributed by atoms with E-state index in [1.807, 2.05) is 60.7 Å². The average molecular weight is 522 g/mol. The third-order valence-corrected chi connectivity index (χ3v) is 7.84. The van der Waals surface area contributed by atoms with Crippen molar-refractivity contribution in [3.05, 3.63) is 60.7 Å². The molecular formula is C30H15B5N2O4. The molecule has 0 bridgehead atoms. The molecule has 6 nitrogen and oxygen atoms in total. The Hall–Kier alpha value is -4.78. The summed E-state index contributed by atoms with van der Waals surface area (Å²) in [6.07, 6.45) is 0. The van der Waals surface area contributed by atoms with Crippen LogP contribution in [0.15, 0.2) is 60.7 Å². The molecule has 0 spiro atoms. The number of nitrogens with one attached hydrogen (secondary N) is 1. The van der Waals surface area contributed by atoms with Gasteiger partial charge in [0, 0.05) is 32.6 Å². The van der Waals surface area contributed by atoms with Crippen LogP contribution in [0.4, 0.5) is 0 Å². The van der Waals surface area contributed by atoms with Gasteiger partial charge in [-0.1, -0.05) is 58.2 Å². The van der Waals surface area contributed by atoms with Crippen molar-refractivity contribution in [2.45, 2.75) is 0 Å². The maximum atomic E-state index is 11.6. The van der Waals surface area contributed by atoms with E-state index in [9.17, 15) is 20.4 Å². The molecular weight excluding hydrogens is 506 g/mol. The maximum Gasteiger partial charge on any atom is 0.168 e. The maximum absolute atomic E-state index is 11.6. The molecule has 0 unspecified atom stereocenters. The number of para-hydroxylation sites is 2. The molecule has 0 aliphatic heterocycles. The van der Waals surface area contributed by atoms with Crippen LogP contribution in [0.2, 0.25) is 0 Å². The summed E-state index contributed by atoms with van der Waals surface area (Å²) in [4.78, 5) is 3.46. The summed E-state index contributed by atoms with van der Waals surface area (Å²) in [5.41, 5.74) is 1.50. The predicted molar refractivity (Wildman–Crippen MR) is 169 cm³/mol. The first-order chi connectivity index (χ1) is 19.6. The lowest BCUT2D eigenvalue weighted by atomic mass is 9.68. The summed E-state index contributed by atoms with van der Waals surface area (Å²) < 4.78 is 1.78. The third-order valence-electron chi connectivity index (χ3n) is 7.84. The molecule has 11 heteroatoms. The Balaban J connectivity index is 1.63. The van der Waals surface area contributed by atoms with Crippen molar-refractivity contribution < 1.29 is 20.4 Å². The summed E-state index contributed by atoms with van der Waals surface area (Å²) in [5, 5.41) is 47.2. The van der Waals surface area contributed by atoms with Crippen molar-refractivity contribution in [1.29, 1.82) is 0 Å². The SMILES string of the molecule is [B]c1c([B])c(O)c(-c2c([B])c([B])c(-n3c4ccccc4c4c5c(ccc43)[nH]c3ccccc35)c(O)c2[B])c(O)c1O. The molecule has 0 fully saturated rings. The molecule has 5 aromatic carbocycles. The fourth-order valence-corrected chi connectivity index (χ4v) is 5.90. The van der Waals surface area contributed by atoms with Crippen LogP contribution >= 0.6 is 0 Å². The second-order valence-electron chi connectivity index (χ2n) is 9.97. The lowest BCUT2D eigenvalue weighted by Gasteiger charge is -2.24. The second-order valence-corrected chi connectivity index (χ2v) is 9.97. The zero-order chi connectivity index (χ0) is 28.9. The number of hydrogen-bond donors (Lipinski definition) is 5. The molecule has 41 heavy (non-hydrogen) atoms. The Morgan fingerprint density at radius 3 is 1.90 bits per heavy atom. The Morgan fingerprint density at radius 1 is 0.488 bits per heavy atom. The summed E-state index contributed by atoms with van der Waals surface area (Å²) in [6.45, 7) is 0. The molecule has 0 amide bonds. The van der Waals surface area contributed by atoms with E-state index in [4.69, 9.17) is 39.2 Å². The second kappa shape index (κ2) is 8.61. The van der Waals surface area contributed by atoms with Gasteiger partial charge in [0.15, 0.2) is 11.5 Å². The summed E-state index contributed by atoms with van der Waals surface area (Å²) in [6, 6.07) is 19.6. The Bertz CT molecular complexity index is 2210. The Kier molecular flexibility index (Phi) is 5.29. The van der Waals surface area contributed by atoms with E-state index in [0.29, 0.717) is 0 Å². The highest BCUT2D eigenvalue weighted by atomic mass is 16.3. The van der Waals surface area contributed by atoms with E-state index in [-0.39, 0.29) is 27.6 Å². The molecule has 5 N–H and O–H groups in total. The van der Waals surface area contributed by atoms with Crippen LogP contribution < -0.4 is 27.3 Å². The van der Waals surface area contributed by atoms with Crippen molar-refractivity contribution >= 4 is 110 Å². The average Bonchev–Trinajstić information content (AvgIpc) is 3.52. The van der Waals surface area contributed by atoms with Gasteiger partial charge in [0.1, 0.15) is 50.7 Å². The van der Waals surface area contributed by atoms with Crippen molar-refractivity contribution in [2.24, 2.45) is 0 Å². The highest BCUT2D eigenvalue weighted by Gasteiger charge is 2.27. The van der Waals surface area contributed by atoms with Crippen LogP contribution in [0, 0.1) is 0 Å². The van der Waals surface area contributed by atoms with Crippen LogP contribution in [0.5, 0.6) is 23.0 Å². The van der Waals surface area contributed by atoms with E-state index in [1.165, 1.54) is 0 Å². The highest BCUT2D eigenvalue weighted by Crippen LogP contribution is 2.42. The van der Waals surface area contributed by atoms with Gasteiger partial charge in [-0.3, -0.25) is 0 Å². The molecule has 0 aliphatic rings. The van der Waals surface area contributed by atoms with Crippen molar-refractivity contribution in [3.63, 3.8) is 0 Å². The van der Waals surface area contributed by atoms with Crippen LogP contribution in [0.3, 0.4) is 0 Å². The van der Waals surface area contributed by atoms with Gasteiger partial charge in [-0.05, 0) is 35.3 Å². The molecule has 7 rings (SSSR count). The largest absolute Gasteiger partial charge is 0.508 e. The number of aromatic nitrogens is 2. The fraction of sp³-hybridized carbons (Fsp3) is 0. The number of hydrogen-bond acceptors (Lipinski definition) is 4. The highest BCUT2D eigenvalue weighted by molar-refractivity contribution is 6.57. The van der Waals surface area contributed by atoms with Gasteiger partial charge in [0.25, 0.3) is 0 Å². The molecule has 2 aromatic heterocycles. The Labute approximate surface area is 240 Å². The monoisotopic (exact) mass is 522 g/mol. The minimum Gasteiger partial charge on any atom is -0.508 e. The van der Waals surface area contributed by atoms with Gasteiger partial charge in [-0.25, -0.2) is 0 Å². The van der Waals surface area contributed by atoms with E-state index in [1.54, 1.807) is 4.57 Å². The minimum atomic E-state index is -0.822. The van der Waals surface area contributed by atoms with Crippen LogP contribution in [0.1, 0.15) is 0 Å². The van der Waals surface area contributed by atoms with Gasteiger partial charge in [0.05, 0.1) is 22.3 Å². The van der Waals surface area contributed by atoms with E-state index >= 15 is 0 Å². The quantitative estimate of drug-likeness (QED) is 0.133. The number of phenols is 4. The van der Waals surface area contributed by atoms with Crippen LogP contribution in [-0.4, -0.2) is 69.2 Å². The van der Waals surface area contributed by atoms with Crippen molar-refractivity contribution in [1.82, 2.24) is 9.55 Å². The summed E-state index contributed by atoms with van der Waals surface area (Å²) in [7, 11) is 31.1. The number of nitrogens with zero attached hydrogens (tertiary/aromatic N) is 1. The van der Waals surface area contributed by atoms with Gasteiger partial charge in [-0.2, -0.15) is 0 Å². The minimum absolute atomic E-state index is 0.0814. The number of aromatic amines is 1. The number of H-pyrrole nitrogens is 1. The molecule has 0 atom stereocenters. The Morgan fingerprint density at radius 2 is 1.15 bits per heavy atom. The number of phenolic OH excluding ortho intramolecular Hbond substituents is 4. The zero-order valence-electron chi connectivity index (χ0n) is 21.4. The number of aromatic hydroxyl groups is 4. The van der Waals surface area contributed by atoms with Crippen molar-refractivity contribution in [2.75, 3.05) is 0 Å². The van der Waals surface area contributed by atoms with Gasteiger partial charge >= 0.3 is 0 Å². The van der Waals surface area contributed by atoms with Crippen molar-refractivity contribution in [3.8, 4) is 39.8 Å². The van der Waals surface area contributed by atoms with Gasteiger partial charge < -0.3 is 30.0 Å². The van der Waals surface area contributed by atoms with E-state index in [2.05, 4.69) is 4.98 Å². The van der Waals surface area contributed by atoms with E-state index < -0.39 is 39.5 Å². The zero-order valence-corrected chi connectivity index (χ0v) is 21.4. The molecule has 184 valence electrons. The molecule has 0 saturated heterocycles.